The predicted octanol–water partition coefficient (Wildman–Crippen LogP) is -0.605. The van der Waals surface area contributed by atoms with Crippen molar-refractivity contribution in [1.29, 1.82) is 0 Å². The highest BCUT2D eigenvalue weighted by Gasteiger charge is 2.12. The van der Waals surface area contributed by atoms with Crippen LogP contribution in [0.15, 0.2) is 24.7 Å². The number of primary amides is 1. The molecule has 0 atom stereocenters. The molecule has 8 heteroatoms. The van der Waals surface area contributed by atoms with Crippen molar-refractivity contribution in [3.8, 4) is 5.82 Å². The summed E-state index contributed by atoms with van der Waals surface area (Å²) in [6.07, 6.45) is 4.48. The average Bonchev–Trinajstić information content (AvgIpc) is 2.78. The fourth-order valence-corrected chi connectivity index (χ4v) is 1.39. The summed E-state index contributed by atoms with van der Waals surface area (Å²) in [7, 11) is 0. The molecule has 17 heavy (non-hydrogen) atoms. The smallest absolute Gasteiger partial charge is 0.269 e. The fraction of sp³-hybridized carbons (Fsp3) is 0. The summed E-state index contributed by atoms with van der Waals surface area (Å²) in [5, 5.41) is 3.95. The van der Waals surface area contributed by atoms with Gasteiger partial charge >= 0.3 is 0 Å². The Balaban J connectivity index is 2.52. The van der Waals surface area contributed by atoms with Crippen LogP contribution in [-0.4, -0.2) is 30.6 Å². The topological polar surface area (TPSA) is 113 Å². The third kappa shape index (κ3) is 2.11. The standard InChI is InChI=1S/C9H8N6OS/c10-7(16)5-1-4-15(14-5)9-6(8(11)17)12-2-3-13-9/h1-4H,(H2,10,16)(H2,11,17). The quantitative estimate of drug-likeness (QED) is 0.701. The van der Waals surface area contributed by atoms with Crippen LogP contribution >= 0.6 is 12.2 Å². The lowest BCUT2D eigenvalue weighted by Crippen LogP contribution is -2.17. The SMILES string of the molecule is NC(=O)c1ccn(-c2nccnc2C(N)=S)n1. The first-order chi connectivity index (χ1) is 8.09. The summed E-state index contributed by atoms with van der Waals surface area (Å²) in [5.41, 5.74) is 11.1. The molecule has 2 aromatic rings. The van der Waals surface area contributed by atoms with Crippen molar-refractivity contribution < 1.29 is 4.79 Å². The van der Waals surface area contributed by atoms with E-state index < -0.39 is 5.91 Å². The van der Waals surface area contributed by atoms with Crippen LogP contribution in [0, 0.1) is 0 Å². The van der Waals surface area contributed by atoms with Crippen LogP contribution in [-0.2, 0) is 0 Å². The van der Waals surface area contributed by atoms with E-state index in [9.17, 15) is 4.79 Å². The second-order valence-electron chi connectivity index (χ2n) is 3.10. The molecule has 1 amide bonds. The summed E-state index contributed by atoms with van der Waals surface area (Å²) in [6, 6.07) is 1.47. The molecule has 2 rings (SSSR count). The maximum absolute atomic E-state index is 10.9. The molecule has 0 aliphatic carbocycles. The summed E-state index contributed by atoms with van der Waals surface area (Å²) >= 11 is 4.85. The van der Waals surface area contributed by atoms with Crippen molar-refractivity contribution in [2.75, 3.05) is 0 Å². The molecule has 7 nitrogen and oxygen atoms in total. The van der Waals surface area contributed by atoms with Crippen molar-refractivity contribution in [2.45, 2.75) is 0 Å². The molecule has 0 saturated carbocycles. The molecule has 0 bridgehead atoms. The van der Waals surface area contributed by atoms with E-state index in [4.69, 9.17) is 23.7 Å². The van der Waals surface area contributed by atoms with Gasteiger partial charge in [0.25, 0.3) is 5.91 Å². The number of hydrogen-bond acceptors (Lipinski definition) is 5. The highest BCUT2D eigenvalue weighted by molar-refractivity contribution is 7.80. The normalized spacial score (nSPS) is 10.1. The molecular weight excluding hydrogens is 240 g/mol. The largest absolute Gasteiger partial charge is 0.388 e. The van der Waals surface area contributed by atoms with Gasteiger partial charge < -0.3 is 11.5 Å². The minimum atomic E-state index is -0.621. The van der Waals surface area contributed by atoms with Gasteiger partial charge in [-0.3, -0.25) is 4.79 Å². The summed E-state index contributed by atoms with van der Waals surface area (Å²) in [5.74, 6) is -0.267. The van der Waals surface area contributed by atoms with E-state index >= 15 is 0 Å². The molecule has 0 saturated heterocycles. The van der Waals surface area contributed by atoms with Gasteiger partial charge in [-0.25, -0.2) is 14.6 Å². The molecule has 0 aliphatic rings. The van der Waals surface area contributed by atoms with Crippen molar-refractivity contribution in [3.63, 3.8) is 0 Å². The third-order valence-corrected chi connectivity index (χ3v) is 2.16. The molecule has 0 aromatic carbocycles. The molecule has 86 valence electrons. The molecule has 0 unspecified atom stereocenters. The van der Waals surface area contributed by atoms with Gasteiger partial charge in [-0.15, -0.1) is 0 Å². The number of aromatic nitrogens is 4. The first kappa shape index (κ1) is 11.1. The van der Waals surface area contributed by atoms with E-state index in [0.717, 1.165) is 0 Å². The number of amides is 1. The number of hydrogen-bond donors (Lipinski definition) is 2. The first-order valence-corrected chi connectivity index (χ1v) is 4.97. The Bertz CT molecular complexity index is 593. The Morgan fingerprint density at radius 2 is 2.00 bits per heavy atom. The highest BCUT2D eigenvalue weighted by atomic mass is 32.1. The van der Waals surface area contributed by atoms with Crippen molar-refractivity contribution in [1.82, 2.24) is 19.7 Å². The monoisotopic (exact) mass is 248 g/mol. The summed E-state index contributed by atoms with van der Waals surface area (Å²) < 4.78 is 1.35. The van der Waals surface area contributed by atoms with Gasteiger partial charge in [0.05, 0.1) is 0 Å². The molecule has 4 N–H and O–H groups in total. The summed E-state index contributed by atoms with van der Waals surface area (Å²) in [6.45, 7) is 0. The van der Waals surface area contributed by atoms with Crippen molar-refractivity contribution in [3.05, 3.63) is 36.0 Å². The van der Waals surface area contributed by atoms with Crippen LogP contribution in [0.25, 0.3) is 5.82 Å². The minimum Gasteiger partial charge on any atom is -0.388 e. The number of rotatable bonds is 3. The predicted molar refractivity (Wildman–Crippen MR) is 63.6 cm³/mol. The van der Waals surface area contributed by atoms with Crippen LogP contribution in [0.2, 0.25) is 0 Å². The molecular formula is C9H8N6OS. The zero-order chi connectivity index (χ0) is 12.4. The number of thiocarbonyl (C=S) groups is 1. The first-order valence-electron chi connectivity index (χ1n) is 4.56. The Labute approximate surface area is 101 Å². The number of carbonyl (C=O) groups is 1. The molecule has 2 aromatic heterocycles. The summed E-state index contributed by atoms with van der Waals surface area (Å²) in [4.78, 5) is 19.1. The number of carbonyl (C=O) groups excluding carboxylic acids is 1. The van der Waals surface area contributed by atoms with Gasteiger partial charge in [-0.1, -0.05) is 12.2 Å². The Hall–Kier alpha value is -2.35. The lowest BCUT2D eigenvalue weighted by Gasteiger charge is -2.04. The van der Waals surface area contributed by atoms with E-state index in [0.29, 0.717) is 11.5 Å². The second kappa shape index (κ2) is 4.26. The lowest BCUT2D eigenvalue weighted by molar-refractivity contribution is 0.0995. The van der Waals surface area contributed by atoms with Crippen molar-refractivity contribution in [2.24, 2.45) is 11.5 Å². The highest BCUT2D eigenvalue weighted by Crippen LogP contribution is 2.08. The maximum Gasteiger partial charge on any atom is 0.269 e. The van der Waals surface area contributed by atoms with E-state index in [-0.39, 0.29) is 10.7 Å². The van der Waals surface area contributed by atoms with E-state index in [1.54, 1.807) is 0 Å². The van der Waals surface area contributed by atoms with Crippen molar-refractivity contribution >= 4 is 23.1 Å². The molecule has 0 fully saturated rings. The lowest BCUT2D eigenvalue weighted by atomic mass is 10.4. The number of nitrogens with zero attached hydrogens (tertiary/aromatic N) is 4. The maximum atomic E-state index is 10.9. The van der Waals surface area contributed by atoms with E-state index in [2.05, 4.69) is 15.1 Å². The Morgan fingerprint density at radius 3 is 2.59 bits per heavy atom. The zero-order valence-electron chi connectivity index (χ0n) is 8.57. The molecule has 0 radical (unpaired) electrons. The molecule has 0 aliphatic heterocycles. The van der Waals surface area contributed by atoms with Crippen LogP contribution in [0.5, 0.6) is 0 Å². The molecule has 0 spiro atoms. The van der Waals surface area contributed by atoms with E-state index in [1.165, 1.54) is 29.3 Å². The Morgan fingerprint density at radius 1 is 1.29 bits per heavy atom. The van der Waals surface area contributed by atoms with Gasteiger partial charge in [0.15, 0.2) is 5.82 Å². The number of nitrogens with two attached hydrogens (primary N) is 2. The third-order valence-electron chi connectivity index (χ3n) is 1.97. The zero-order valence-corrected chi connectivity index (χ0v) is 9.39. The van der Waals surface area contributed by atoms with Gasteiger partial charge in [-0.2, -0.15) is 5.10 Å². The van der Waals surface area contributed by atoms with Crippen LogP contribution in [0.4, 0.5) is 0 Å². The van der Waals surface area contributed by atoms with Crippen LogP contribution in [0.1, 0.15) is 16.2 Å². The Kier molecular flexibility index (Phi) is 2.79. The van der Waals surface area contributed by atoms with Gasteiger partial charge in [0, 0.05) is 18.6 Å². The van der Waals surface area contributed by atoms with Crippen LogP contribution in [0.3, 0.4) is 0 Å². The van der Waals surface area contributed by atoms with Gasteiger partial charge in [0.2, 0.25) is 0 Å². The molecule has 2 heterocycles. The van der Waals surface area contributed by atoms with Gasteiger partial charge in [0.1, 0.15) is 16.4 Å². The average molecular weight is 248 g/mol. The second-order valence-corrected chi connectivity index (χ2v) is 3.54. The fourth-order valence-electron chi connectivity index (χ4n) is 1.25. The van der Waals surface area contributed by atoms with Gasteiger partial charge in [-0.05, 0) is 6.07 Å². The van der Waals surface area contributed by atoms with E-state index in [1.807, 2.05) is 0 Å². The minimum absolute atomic E-state index is 0.101. The van der Waals surface area contributed by atoms with Crippen LogP contribution < -0.4 is 11.5 Å².